The largest absolute Gasteiger partial charge is 0.464 e. The van der Waals surface area contributed by atoms with E-state index >= 15 is 0 Å². The summed E-state index contributed by atoms with van der Waals surface area (Å²) in [5.41, 5.74) is 2.06. The molecule has 0 amide bonds. The van der Waals surface area contributed by atoms with Gasteiger partial charge in [0, 0.05) is 28.3 Å². The number of nitrogens with zero attached hydrogens (tertiary/aromatic N) is 3. The number of fused-ring (bicyclic) bond motifs is 1. The second kappa shape index (κ2) is 9.11. The Morgan fingerprint density at radius 3 is 2.76 bits per heavy atom. The zero-order chi connectivity index (χ0) is 21.0. The number of nitro groups is 1. The Hall–Kier alpha value is -2.84. The van der Waals surface area contributed by atoms with Crippen LogP contribution in [0.2, 0.25) is 5.02 Å². The molecule has 1 heterocycles. The number of benzodiazepines with no additional fused rings is 1. The summed E-state index contributed by atoms with van der Waals surface area (Å²) >= 11 is 11.8. The molecule has 0 aliphatic carbocycles. The van der Waals surface area contributed by atoms with E-state index in [4.69, 9.17) is 28.6 Å². The van der Waals surface area contributed by atoms with Gasteiger partial charge < -0.3 is 9.64 Å². The summed E-state index contributed by atoms with van der Waals surface area (Å²) in [5.74, 6) is -0.431. The molecule has 0 fully saturated rings. The fourth-order valence-corrected chi connectivity index (χ4v) is 3.41. The van der Waals surface area contributed by atoms with E-state index in [-0.39, 0.29) is 18.8 Å². The third-order valence-corrected chi connectivity index (χ3v) is 4.97. The monoisotopic (exact) mass is 431 g/mol. The minimum atomic E-state index is -0.479. The molecule has 7 nitrogen and oxygen atoms in total. The van der Waals surface area contributed by atoms with E-state index in [0.717, 1.165) is 0 Å². The van der Waals surface area contributed by atoms with Crippen molar-refractivity contribution < 1.29 is 14.5 Å². The molecule has 0 spiro atoms. The van der Waals surface area contributed by atoms with E-state index < -0.39 is 10.9 Å². The van der Waals surface area contributed by atoms with Crippen LogP contribution in [0.4, 0.5) is 11.4 Å². The number of esters is 1. The molecular weight excluding hydrogens is 414 g/mol. The highest BCUT2D eigenvalue weighted by atomic mass is 35.5. The lowest BCUT2D eigenvalue weighted by Crippen LogP contribution is -2.36. The number of carbonyl (C=O) groups excluding carboxylic acids is 1. The summed E-state index contributed by atoms with van der Waals surface area (Å²) in [6.07, 6.45) is 0.707. The van der Waals surface area contributed by atoms with Crippen molar-refractivity contribution in [2.45, 2.75) is 13.3 Å². The summed E-state index contributed by atoms with van der Waals surface area (Å²) in [6, 6.07) is 11.5. The molecule has 0 N–H and O–H groups in total. The average molecular weight is 432 g/mol. The minimum absolute atomic E-state index is 0.0927. The Kier molecular flexibility index (Phi) is 6.56. The number of rotatable bonds is 6. The highest BCUT2D eigenvalue weighted by Gasteiger charge is 2.27. The number of thiocarbonyl (C=S) groups is 1. The number of hydrogen-bond donors (Lipinski definition) is 0. The van der Waals surface area contributed by atoms with Crippen LogP contribution in [0, 0.1) is 10.1 Å². The fraction of sp³-hybridized carbons (Fsp3) is 0.250. The molecule has 0 atom stereocenters. The molecule has 2 aromatic carbocycles. The van der Waals surface area contributed by atoms with E-state index in [1.165, 1.54) is 12.1 Å². The molecule has 0 saturated heterocycles. The van der Waals surface area contributed by atoms with Crippen molar-refractivity contribution in [3.05, 3.63) is 68.7 Å². The predicted octanol–water partition coefficient (Wildman–Crippen LogP) is 4.19. The van der Waals surface area contributed by atoms with Crippen molar-refractivity contribution in [2.75, 3.05) is 24.6 Å². The Morgan fingerprint density at radius 2 is 2.07 bits per heavy atom. The Morgan fingerprint density at radius 1 is 1.31 bits per heavy atom. The number of halogens is 1. The molecule has 1 aliphatic heterocycles. The van der Waals surface area contributed by atoms with Gasteiger partial charge in [-0.2, -0.15) is 0 Å². The van der Waals surface area contributed by atoms with E-state index in [1.807, 2.05) is 13.0 Å². The van der Waals surface area contributed by atoms with Crippen LogP contribution in [0.3, 0.4) is 0 Å². The summed E-state index contributed by atoms with van der Waals surface area (Å²) < 4.78 is 5.18. The number of aliphatic imine (C=N–C) groups is 1. The molecule has 150 valence electrons. The number of anilines is 1. The zero-order valence-electron chi connectivity index (χ0n) is 15.6. The topological polar surface area (TPSA) is 85.0 Å². The first-order valence-electron chi connectivity index (χ1n) is 8.96. The van der Waals surface area contributed by atoms with Gasteiger partial charge in [0.05, 0.1) is 29.5 Å². The summed E-state index contributed by atoms with van der Waals surface area (Å²) in [6.45, 7) is 2.25. The molecular formula is C20H18ClN3O4S. The van der Waals surface area contributed by atoms with E-state index in [1.54, 1.807) is 29.2 Å². The van der Waals surface area contributed by atoms with Crippen molar-refractivity contribution in [3.8, 4) is 0 Å². The maximum Gasteiger partial charge on any atom is 0.325 e. The van der Waals surface area contributed by atoms with Gasteiger partial charge in [-0.05, 0) is 18.6 Å². The van der Waals surface area contributed by atoms with E-state index in [9.17, 15) is 14.9 Å². The normalized spacial score (nSPS) is 13.4. The Labute approximate surface area is 178 Å². The molecule has 0 unspecified atom stereocenters. The zero-order valence-corrected chi connectivity index (χ0v) is 17.2. The van der Waals surface area contributed by atoms with Gasteiger partial charge in [-0.25, -0.2) is 0 Å². The second-order valence-electron chi connectivity index (χ2n) is 6.30. The van der Waals surface area contributed by atoms with Crippen LogP contribution in [0.5, 0.6) is 0 Å². The SMILES string of the molecule is CCCOC(=O)CN1C(=S)CN=C(c2ccccc2Cl)c2cc([N+](=O)[O-])ccc21. The third-order valence-electron chi connectivity index (χ3n) is 4.29. The lowest BCUT2D eigenvalue weighted by Gasteiger charge is -2.24. The summed E-state index contributed by atoms with van der Waals surface area (Å²) in [4.78, 5) is 29.7. The molecule has 0 bridgehead atoms. The molecule has 0 aromatic heterocycles. The predicted molar refractivity (Wildman–Crippen MR) is 116 cm³/mol. The van der Waals surface area contributed by atoms with Gasteiger partial charge >= 0.3 is 5.97 Å². The molecule has 9 heteroatoms. The van der Waals surface area contributed by atoms with Gasteiger partial charge in [0.1, 0.15) is 11.5 Å². The summed E-state index contributed by atoms with van der Waals surface area (Å²) in [7, 11) is 0. The van der Waals surface area contributed by atoms with Crippen LogP contribution in [-0.2, 0) is 9.53 Å². The van der Waals surface area contributed by atoms with Gasteiger partial charge in [0.2, 0.25) is 0 Å². The molecule has 0 radical (unpaired) electrons. The number of hydrogen-bond acceptors (Lipinski definition) is 6. The first-order chi connectivity index (χ1) is 13.9. The lowest BCUT2D eigenvalue weighted by atomic mass is 9.99. The van der Waals surface area contributed by atoms with Crippen molar-refractivity contribution in [2.24, 2.45) is 4.99 Å². The van der Waals surface area contributed by atoms with Crippen molar-refractivity contribution in [1.29, 1.82) is 0 Å². The smallest absolute Gasteiger partial charge is 0.325 e. The van der Waals surface area contributed by atoms with Crippen LogP contribution in [0.1, 0.15) is 24.5 Å². The number of carbonyl (C=O) groups is 1. The third kappa shape index (κ3) is 4.60. The Bertz CT molecular complexity index is 1010. The minimum Gasteiger partial charge on any atom is -0.464 e. The highest BCUT2D eigenvalue weighted by molar-refractivity contribution is 7.80. The molecule has 1 aliphatic rings. The number of ether oxygens (including phenoxy) is 1. The fourth-order valence-electron chi connectivity index (χ4n) is 2.96. The standard InChI is InChI=1S/C20H18ClN3O4S/c1-2-9-28-19(25)12-23-17-8-7-13(24(26)27)10-15(17)20(22-11-18(23)29)14-5-3-4-6-16(14)21/h3-8,10H,2,9,11-12H2,1H3. The number of non-ortho nitro benzene ring substituents is 1. The van der Waals surface area contributed by atoms with Gasteiger partial charge in [-0.15, -0.1) is 0 Å². The maximum absolute atomic E-state index is 12.2. The highest BCUT2D eigenvalue weighted by Crippen LogP contribution is 2.32. The quantitative estimate of drug-likeness (QED) is 0.295. The first-order valence-corrected chi connectivity index (χ1v) is 9.75. The van der Waals surface area contributed by atoms with Crippen molar-refractivity contribution in [3.63, 3.8) is 0 Å². The van der Waals surface area contributed by atoms with Crippen LogP contribution in [0.25, 0.3) is 0 Å². The van der Waals surface area contributed by atoms with E-state index in [2.05, 4.69) is 4.99 Å². The number of benzene rings is 2. The molecule has 2 aromatic rings. The first kappa shape index (κ1) is 20.9. The summed E-state index contributed by atoms with van der Waals surface area (Å²) in [5, 5.41) is 11.8. The second-order valence-corrected chi connectivity index (χ2v) is 7.18. The maximum atomic E-state index is 12.2. The number of nitro benzene ring substituents is 1. The van der Waals surface area contributed by atoms with Crippen LogP contribution in [-0.4, -0.2) is 41.3 Å². The van der Waals surface area contributed by atoms with Gasteiger partial charge in [-0.3, -0.25) is 19.9 Å². The molecule has 0 saturated carbocycles. The molecule has 29 heavy (non-hydrogen) atoms. The van der Waals surface area contributed by atoms with Crippen molar-refractivity contribution >= 4 is 51.9 Å². The Balaban J connectivity index is 2.12. The van der Waals surface area contributed by atoms with Crippen LogP contribution in [0.15, 0.2) is 47.5 Å². The average Bonchev–Trinajstić information content (AvgIpc) is 2.83. The van der Waals surface area contributed by atoms with Crippen LogP contribution < -0.4 is 4.90 Å². The van der Waals surface area contributed by atoms with E-state index in [0.29, 0.717) is 45.6 Å². The van der Waals surface area contributed by atoms with Crippen molar-refractivity contribution in [1.82, 2.24) is 0 Å². The van der Waals surface area contributed by atoms with Crippen LogP contribution >= 0.6 is 23.8 Å². The van der Waals surface area contributed by atoms with Gasteiger partial charge in [0.25, 0.3) is 5.69 Å². The molecule has 3 rings (SSSR count). The van der Waals surface area contributed by atoms with Gasteiger partial charge in [0.15, 0.2) is 0 Å². The lowest BCUT2D eigenvalue weighted by molar-refractivity contribution is -0.384. The van der Waals surface area contributed by atoms with Gasteiger partial charge in [-0.1, -0.05) is 48.9 Å².